The second kappa shape index (κ2) is 7.49. The Labute approximate surface area is 107 Å². The largest absolute Gasteiger partial charge is 0.492 e. The average Bonchev–Trinajstić information content (AvgIpc) is 2.18. The van der Waals surface area contributed by atoms with E-state index in [1.165, 1.54) is 0 Å². The summed E-state index contributed by atoms with van der Waals surface area (Å²) in [7, 11) is 3.97. The Morgan fingerprint density at radius 3 is 2.31 bits per heavy atom. The predicted octanol–water partition coefficient (Wildman–Crippen LogP) is 2.43. The number of ether oxygens (including phenoxy) is 1. The van der Waals surface area contributed by atoms with Crippen LogP contribution in [0.4, 0.5) is 0 Å². The Bertz CT molecular complexity index is 325. The van der Waals surface area contributed by atoms with Crippen LogP contribution in [-0.2, 0) is 0 Å². The number of carbonyl (C=O) groups excluding carboxylic acids is 1. The molecule has 0 N–H and O–H groups in total. The van der Waals surface area contributed by atoms with E-state index >= 15 is 0 Å². The minimum atomic E-state index is -0.449. The van der Waals surface area contributed by atoms with Crippen LogP contribution in [0, 0.1) is 0 Å². The number of carbonyl (C=O) groups is 1. The van der Waals surface area contributed by atoms with E-state index in [0.29, 0.717) is 12.2 Å². The van der Waals surface area contributed by atoms with Crippen molar-refractivity contribution in [3.8, 4) is 5.75 Å². The van der Waals surface area contributed by atoms with Crippen LogP contribution in [0.25, 0.3) is 0 Å². The zero-order valence-corrected chi connectivity index (χ0v) is 10.8. The van der Waals surface area contributed by atoms with Gasteiger partial charge in [0.1, 0.15) is 12.4 Å². The number of nitrogens with zero attached hydrogens (tertiary/aromatic N) is 1. The lowest BCUT2D eigenvalue weighted by Crippen LogP contribution is -2.19. The highest BCUT2D eigenvalue weighted by Gasteiger charge is 2.01. The molecule has 0 spiro atoms. The number of likely N-dealkylation sites (N-methyl/N-ethyl adjacent to an activating group) is 1. The smallest absolute Gasteiger partial charge is 0.252 e. The quantitative estimate of drug-likeness (QED) is 0.765. The minimum Gasteiger partial charge on any atom is -0.492 e. The van der Waals surface area contributed by atoms with Crippen LogP contribution in [0.5, 0.6) is 5.75 Å². The van der Waals surface area contributed by atoms with Crippen LogP contribution in [0.2, 0.25) is 0 Å². The molecule has 16 heavy (non-hydrogen) atoms. The highest BCUT2D eigenvalue weighted by molar-refractivity contribution is 6.67. The summed E-state index contributed by atoms with van der Waals surface area (Å²) in [6, 6.07) is 6.79. The van der Waals surface area contributed by atoms with Gasteiger partial charge in [-0.3, -0.25) is 4.79 Å². The molecule has 3 nitrogen and oxygen atoms in total. The van der Waals surface area contributed by atoms with Crippen molar-refractivity contribution in [1.29, 1.82) is 0 Å². The summed E-state index contributed by atoms with van der Waals surface area (Å²) in [6.07, 6.45) is 0. The van der Waals surface area contributed by atoms with Crippen molar-refractivity contribution in [2.24, 2.45) is 0 Å². The highest BCUT2D eigenvalue weighted by atomic mass is 35.5. The van der Waals surface area contributed by atoms with E-state index in [4.69, 9.17) is 16.3 Å². The molecule has 1 aromatic carbocycles. The SMILES string of the molecule is CN(C)CCOc1ccc(C(=O)Cl)cc1.Cl. The van der Waals surface area contributed by atoms with Crippen molar-refractivity contribution in [1.82, 2.24) is 4.90 Å². The molecule has 1 aromatic rings. The van der Waals surface area contributed by atoms with E-state index in [1.54, 1.807) is 24.3 Å². The van der Waals surface area contributed by atoms with Gasteiger partial charge in [0.2, 0.25) is 0 Å². The Kier molecular flexibility index (Phi) is 7.13. The second-order valence-corrected chi connectivity index (χ2v) is 3.79. The van der Waals surface area contributed by atoms with Gasteiger partial charge in [-0.25, -0.2) is 0 Å². The number of hydrogen-bond donors (Lipinski definition) is 0. The monoisotopic (exact) mass is 263 g/mol. The first-order chi connectivity index (χ1) is 7.09. The topological polar surface area (TPSA) is 29.5 Å². The molecule has 1 rings (SSSR count). The molecule has 0 amide bonds. The summed E-state index contributed by atoms with van der Waals surface area (Å²) >= 11 is 5.32. The molecule has 0 aliphatic carbocycles. The van der Waals surface area contributed by atoms with Crippen LogP contribution < -0.4 is 4.74 Å². The average molecular weight is 264 g/mol. The molecule has 0 saturated carbocycles. The molecule has 0 saturated heterocycles. The third-order valence-electron chi connectivity index (χ3n) is 1.89. The number of benzene rings is 1. The summed E-state index contributed by atoms with van der Waals surface area (Å²) in [5.74, 6) is 0.749. The first-order valence-electron chi connectivity index (χ1n) is 4.67. The third-order valence-corrected chi connectivity index (χ3v) is 2.11. The summed E-state index contributed by atoms with van der Waals surface area (Å²) in [6.45, 7) is 1.48. The van der Waals surface area contributed by atoms with Gasteiger partial charge in [0.15, 0.2) is 0 Å². The first-order valence-corrected chi connectivity index (χ1v) is 5.05. The lowest BCUT2D eigenvalue weighted by atomic mass is 10.2. The van der Waals surface area contributed by atoms with Gasteiger partial charge in [0, 0.05) is 12.1 Å². The normalized spacial score (nSPS) is 9.75. The van der Waals surface area contributed by atoms with Gasteiger partial charge in [-0.05, 0) is 50.0 Å². The molecule has 0 aromatic heterocycles. The molecule has 0 heterocycles. The van der Waals surface area contributed by atoms with E-state index in [9.17, 15) is 4.79 Å². The van der Waals surface area contributed by atoms with E-state index in [-0.39, 0.29) is 12.4 Å². The summed E-state index contributed by atoms with van der Waals surface area (Å²) in [5.41, 5.74) is 0.483. The fourth-order valence-corrected chi connectivity index (χ4v) is 1.15. The summed E-state index contributed by atoms with van der Waals surface area (Å²) in [4.78, 5) is 12.8. The summed E-state index contributed by atoms with van der Waals surface area (Å²) in [5, 5.41) is -0.449. The maximum atomic E-state index is 10.8. The molecular weight excluding hydrogens is 249 g/mol. The molecule has 0 aliphatic heterocycles. The van der Waals surface area contributed by atoms with Crippen molar-refractivity contribution in [2.75, 3.05) is 27.2 Å². The molecule has 0 aliphatic rings. The molecule has 5 heteroatoms. The molecular formula is C11H15Cl2NO2. The lowest BCUT2D eigenvalue weighted by Gasteiger charge is -2.10. The van der Waals surface area contributed by atoms with Crippen molar-refractivity contribution in [3.05, 3.63) is 29.8 Å². The zero-order chi connectivity index (χ0) is 11.3. The zero-order valence-electron chi connectivity index (χ0n) is 9.27. The van der Waals surface area contributed by atoms with Crippen LogP contribution >= 0.6 is 24.0 Å². The maximum Gasteiger partial charge on any atom is 0.252 e. The van der Waals surface area contributed by atoms with Gasteiger partial charge >= 0.3 is 0 Å². The fourth-order valence-electron chi connectivity index (χ4n) is 1.03. The van der Waals surface area contributed by atoms with Crippen LogP contribution in [0.15, 0.2) is 24.3 Å². The molecule has 90 valence electrons. The lowest BCUT2D eigenvalue weighted by molar-refractivity contribution is 0.108. The van der Waals surface area contributed by atoms with Gasteiger partial charge in [0.05, 0.1) is 0 Å². The predicted molar refractivity (Wildman–Crippen MR) is 67.9 cm³/mol. The molecule has 0 atom stereocenters. The van der Waals surface area contributed by atoms with Crippen molar-refractivity contribution < 1.29 is 9.53 Å². The van der Waals surface area contributed by atoms with Crippen LogP contribution in [0.3, 0.4) is 0 Å². The molecule has 0 bridgehead atoms. The van der Waals surface area contributed by atoms with E-state index in [1.807, 2.05) is 19.0 Å². The van der Waals surface area contributed by atoms with Gasteiger partial charge in [-0.1, -0.05) is 0 Å². The molecule has 0 radical (unpaired) electrons. The van der Waals surface area contributed by atoms with E-state index in [0.717, 1.165) is 12.3 Å². The fraction of sp³-hybridized carbons (Fsp3) is 0.364. The standard InChI is InChI=1S/C11H14ClNO2.ClH/c1-13(2)7-8-15-10-5-3-9(4-6-10)11(12)14;/h3-6H,7-8H2,1-2H3;1H. The number of halogens is 2. The van der Waals surface area contributed by atoms with E-state index in [2.05, 4.69) is 0 Å². The van der Waals surface area contributed by atoms with Crippen LogP contribution in [0.1, 0.15) is 10.4 Å². The highest BCUT2D eigenvalue weighted by Crippen LogP contribution is 2.13. The van der Waals surface area contributed by atoms with Crippen molar-refractivity contribution in [2.45, 2.75) is 0 Å². The third kappa shape index (κ3) is 5.35. The Morgan fingerprint density at radius 2 is 1.88 bits per heavy atom. The number of rotatable bonds is 5. The van der Waals surface area contributed by atoms with Gasteiger partial charge < -0.3 is 9.64 Å². The first kappa shape index (κ1) is 15.2. The molecule has 0 unspecified atom stereocenters. The minimum absolute atomic E-state index is 0. The van der Waals surface area contributed by atoms with Crippen LogP contribution in [-0.4, -0.2) is 37.4 Å². The summed E-state index contributed by atoms with van der Waals surface area (Å²) < 4.78 is 5.46. The Balaban J connectivity index is 0.00000225. The van der Waals surface area contributed by atoms with Crippen molar-refractivity contribution >= 4 is 29.3 Å². The Morgan fingerprint density at radius 1 is 1.31 bits per heavy atom. The van der Waals surface area contributed by atoms with Crippen molar-refractivity contribution in [3.63, 3.8) is 0 Å². The van der Waals surface area contributed by atoms with Gasteiger partial charge in [0.25, 0.3) is 5.24 Å². The Hall–Kier alpha value is -0.770. The van der Waals surface area contributed by atoms with E-state index < -0.39 is 5.24 Å². The van der Waals surface area contributed by atoms with Gasteiger partial charge in [-0.15, -0.1) is 12.4 Å². The number of hydrogen-bond acceptors (Lipinski definition) is 3. The second-order valence-electron chi connectivity index (χ2n) is 3.45. The molecule has 0 fully saturated rings. The van der Waals surface area contributed by atoms with Gasteiger partial charge in [-0.2, -0.15) is 0 Å². The maximum absolute atomic E-state index is 10.8.